The van der Waals surface area contributed by atoms with Crippen molar-refractivity contribution in [2.45, 2.75) is 19.4 Å². The number of carbonyl (C=O) groups excluding carboxylic acids is 2. The molecule has 0 aromatic carbocycles. The molecule has 1 aliphatic rings. The Bertz CT molecular complexity index is 240. The Kier molecular flexibility index (Phi) is 3.46. The molecule has 0 saturated carbocycles. The Morgan fingerprint density at radius 3 is 2.57 bits per heavy atom. The van der Waals surface area contributed by atoms with Gasteiger partial charge in [-0.3, -0.25) is 9.59 Å². The first-order valence-electron chi connectivity index (χ1n) is 4.75. The normalized spacial score (nSPS) is 21.1. The average Bonchev–Trinajstić information content (AvgIpc) is 2.21. The molecule has 0 aliphatic carbocycles. The molecule has 5 nitrogen and oxygen atoms in total. The number of hydrogen-bond acceptors (Lipinski definition) is 3. The van der Waals surface area contributed by atoms with Crippen molar-refractivity contribution in [3.05, 3.63) is 0 Å². The van der Waals surface area contributed by atoms with Gasteiger partial charge in [0.2, 0.25) is 0 Å². The predicted octanol–water partition coefficient (Wildman–Crippen LogP) is -0.942. The van der Waals surface area contributed by atoms with Crippen LogP contribution in [-0.4, -0.2) is 59.5 Å². The SMILES string of the molecule is CC(O)CN1CCCN(C)C(=O)C1=O. The summed E-state index contributed by atoms with van der Waals surface area (Å²) in [5.74, 6) is -0.992. The Hall–Kier alpha value is -1.10. The number of nitrogens with zero attached hydrogens (tertiary/aromatic N) is 2. The molecule has 0 radical (unpaired) electrons. The molecule has 1 N–H and O–H groups in total. The lowest BCUT2D eigenvalue weighted by atomic mass is 10.3. The van der Waals surface area contributed by atoms with Crippen molar-refractivity contribution in [3.8, 4) is 0 Å². The van der Waals surface area contributed by atoms with Crippen LogP contribution in [0.4, 0.5) is 0 Å². The second-order valence-electron chi connectivity index (χ2n) is 3.68. The maximum Gasteiger partial charge on any atom is 0.312 e. The van der Waals surface area contributed by atoms with Gasteiger partial charge in [0.25, 0.3) is 0 Å². The molecule has 1 fully saturated rings. The predicted molar refractivity (Wildman–Crippen MR) is 50.5 cm³/mol. The van der Waals surface area contributed by atoms with Crippen LogP contribution in [0, 0.1) is 0 Å². The minimum Gasteiger partial charge on any atom is -0.392 e. The molecule has 0 bridgehead atoms. The maximum absolute atomic E-state index is 11.5. The number of aliphatic hydroxyl groups is 1. The quantitative estimate of drug-likeness (QED) is 0.585. The molecule has 1 saturated heterocycles. The third kappa shape index (κ3) is 2.45. The highest BCUT2D eigenvalue weighted by molar-refractivity contribution is 6.34. The fraction of sp³-hybridized carbons (Fsp3) is 0.778. The molecule has 2 amide bonds. The van der Waals surface area contributed by atoms with Gasteiger partial charge in [0.05, 0.1) is 6.10 Å². The average molecular weight is 200 g/mol. The first kappa shape index (κ1) is 11.0. The molecule has 1 heterocycles. The first-order chi connectivity index (χ1) is 6.52. The second-order valence-corrected chi connectivity index (χ2v) is 3.68. The second kappa shape index (κ2) is 4.41. The van der Waals surface area contributed by atoms with E-state index in [2.05, 4.69) is 0 Å². The van der Waals surface area contributed by atoms with Crippen LogP contribution in [0.3, 0.4) is 0 Å². The van der Waals surface area contributed by atoms with Gasteiger partial charge in [0.1, 0.15) is 0 Å². The summed E-state index contributed by atoms with van der Waals surface area (Å²) >= 11 is 0. The summed E-state index contributed by atoms with van der Waals surface area (Å²) in [5.41, 5.74) is 0. The molecule has 0 spiro atoms. The minimum atomic E-state index is -0.588. The zero-order valence-electron chi connectivity index (χ0n) is 8.56. The van der Waals surface area contributed by atoms with Gasteiger partial charge < -0.3 is 14.9 Å². The summed E-state index contributed by atoms with van der Waals surface area (Å²) in [6.45, 7) is 2.98. The number of aliphatic hydroxyl groups excluding tert-OH is 1. The molecule has 1 rings (SSSR count). The van der Waals surface area contributed by atoms with Gasteiger partial charge in [-0.25, -0.2) is 0 Å². The Morgan fingerprint density at radius 2 is 2.00 bits per heavy atom. The summed E-state index contributed by atoms with van der Waals surface area (Å²) in [7, 11) is 1.62. The highest BCUT2D eigenvalue weighted by atomic mass is 16.3. The molecule has 0 aromatic heterocycles. The topological polar surface area (TPSA) is 60.9 Å². The van der Waals surface area contributed by atoms with E-state index >= 15 is 0 Å². The van der Waals surface area contributed by atoms with Crippen molar-refractivity contribution in [3.63, 3.8) is 0 Å². The molecular formula is C9H16N2O3. The largest absolute Gasteiger partial charge is 0.392 e. The fourth-order valence-corrected chi connectivity index (χ4v) is 1.49. The smallest absolute Gasteiger partial charge is 0.312 e. The van der Waals surface area contributed by atoms with Crippen LogP contribution < -0.4 is 0 Å². The minimum absolute atomic E-state index is 0.235. The van der Waals surface area contributed by atoms with E-state index in [1.54, 1.807) is 14.0 Å². The van der Waals surface area contributed by atoms with E-state index in [9.17, 15) is 9.59 Å². The maximum atomic E-state index is 11.5. The number of β-amino-alcohol motifs (C(OH)–C–C–N with tert-alkyl or cyclic N) is 1. The molecule has 1 aliphatic heterocycles. The molecule has 80 valence electrons. The standard InChI is InChI=1S/C9H16N2O3/c1-7(12)6-11-5-3-4-10(2)8(13)9(11)14/h7,12H,3-6H2,1-2H3. The fourth-order valence-electron chi connectivity index (χ4n) is 1.49. The van der Waals surface area contributed by atoms with Crippen LogP contribution in [0.2, 0.25) is 0 Å². The van der Waals surface area contributed by atoms with E-state index < -0.39 is 17.9 Å². The molecule has 5 heteroatoms. The third-order valence-electron chi connectivity index (χ3n) is 2.22. The van der Waals surface area contributed by atoms with E-state index in [1.807, 2.05) is 0 Å². The molecule has 1 atom stereocenters. The van der Waals surface area contributed by atoms with E-state index in [0.29, 0.717) is 13.1 Å². The number of hydrogen-bond donors (Lipinski definition) is 1. The number of rotatable bonds is 2. The summed E-state index contributed by atoms with van der Waals surface area (Å²) in [6.07, 6.45) is 0.177. The molecule has 0 aromatic rings. The van der Waals surface area contributed by atoms with E-state index in [-0.39, 0.29) is 6.54 Å². The van der Waals surface area contributed by atoms with Crippen molar-refractivity contribution >= 4 is 11.8 Å². The number of amides is 2. The summed E-state index contributed by atoms with van der Waals surface area (Å²) in [6, 6.07) is 0. The van der Waals surface area contributed by atoms with Crippen LogP contribution >= 0.6 is 0 Å². The first-order valence-corrected chi connectivity index (χ1v) is 4.75. The van der Waals surface area contributed by atoms with Crippen LogP contribution in [-0.2, 0) is 9.59 Å². The summed E-state index contributed by atoms with van der Waals surface area (Å²) in [5, 5.41) is 9.15. The Labute approximate surface area is 83.3 Å². The van der Waals surface area contributed by atoms with Gasteiger partial charge in [-0.1, -0.05) is 0 Å². The monoisotopic (exact) mass is 200 g/mol. The van der Waals surface area contributed by atoms with Crippen molar-refractivity contribution in [1.29, 1.82) is 0 Å². The Balaban J connectivity index is 2.68. The summed E-state index contributed by atoms with van der Waals surface area (Å²) in [4.78, 5) is 25.7. The van der Waals surface area contributed by atoms with Crippen molar-refractivity contribution in [2.75, 3.05) is 26.7 Å². The zero-order chi connectivity index (χ0) is 10.7. The van der Waals surface area contributed by atoms with Gasteiger partial charge in [0.15, 0.2) is 0 Å². The van der Waals surface area contributed by atoms with Gasteiger partial charge in [-0.05, 0) is 13.3 Å². The molecular weight excluding hydrogens is 184 g/mol. The third-order valence-corrected chi connectivity index (χ3v) is 2.22. The van der Waals surface area contributed by atoms with Crippen LogP contribution in [0.5, 0.6) is 0 Å². The molecule has 1 unspecified atom stereocenters. The number of carbonyl (C=O) groups is 2. The lowest BCUT2D eigenvalue weighted by molar-refractivity contribution is -0.150. The van der Waals surface area contributed by atoms with Gasteiger partial charge in [-0.15, -0.1) is 0 Å². The van der Waals surface area contributed by atoms with E-state index in [0.717, 1.165) is 6.42 Å². The summed E-state index contributed by atoms with van der Waals surface area (Å²) < 4.78 is 0. The van der Waals surface area contributed by atoms with Crippen molar-refractivity contribution < 1.29 is 14.7 Å². The Morgan fingerprint density at radius 1 is 1.36 bits per heavy atom. The van der Waals surface area contributed by atoms with Gasteiger partial charge >= 0.3 is 11.8 Å². The van der Waals surface area contributed by atoms with Crippen LogP contribution in [0.1, 0.15) is 13.3 Å². The van der Waals surface area contributed by atoms with Crippen LogP contribution in [0.25, 0.3) is 0 Å². The zero-order valence-corrected chi connectivity index (χ0v) is 8.56. The van der Waals surface area contributed by atoms with Gasteiger partial charge in [0, 0.05) is 26.7 Å². The van der Waals surface area contributed by atoms with Crippen molar-refractivity contribution in [1.82, 2.24) is 9.80 Å². The van der Waals surface area contributed by atoms with E-state index in [4.69, 9.17) is 5.11 Å². The lowest BCUT2D eigenvalue weighted by Gasteiger charge is -2.20. The number of likely N-dealkylation sites (N-methyl/N-ethyl adjacent to an activating group) is 1. The molecule has 14 heavy (non-hydrogen) atoms. The lowest BCUT2D eigenvalue weighted by Crippen LogP contribution is -2.43. The van der Waals surface area contributed by atoms with Gasteiger partial charge in [-0.2, -0.15) is 0 Å². The van der Waals surface area contributed by atoms with E-state index in [1.165, 1.54) is 9.80 Å². The van der Waals surface area contributed by atoms with Crippen LogP contribution in [0.15, 0.2) is 0 Å². The highest BCUT2D eigenvalue weighted by Crippen LogP contribution is 2.04. The van der Waals surface area contributed by atoms with Crippen molar-refractivity contribution in [2.24, 2.45) is 0 Å². The highest BCUT2D eigenvalue weighted by Gasteiger charge is 2.28.